The number of nitrogens with one attached hydrogen (secondary N) is 1. The minimum Gasteiger partial charge on any atom is -0.508 e. The van der Waals surface area contributed by atoms with E-state index in [9.17, 15) is 9.50 Å². The van der Waals surface area contributed by atoms with Crippen LogP contribution >= 0.6 is 11.3 Å². The van der Waals surface area contributed by atoms with Crippen molar-refractivity contribution in [1.82, 2.24) is 10.3 Å². The Hall–Kier alpha value is -1.46. The Morgan fingerprint density at radius 2 is 2.28 bits per heavy atom. The van der Waals surface area contributed by atoms with Crippen LogP contribution in [0.3, 0.4) is 0 Å². The van der Waals surface area contributed by atoms with Gasteiger partial charge in [0, 0.05) is 23.0 Å². The molecule has 1 heterocycles. The highest BCUT2D eigenvalue weighted by atomic mass is 32.1. The molecule has 0 aliphatic rings. The van der Waals surface area contributed by atoms with Gasteiger partial charge in [-0.2, -0.15) is 0 Å². The summed E-state index contributed by atoms with van der Waals surface area (Å²) in [6.07, 6.45) is 0. The SMILES string of the molecule is Cc1ncsc1CNC(C)c1cc(F)ccc1O. The van der Waals surface area contributed by atoms with Crippen molar-refractivity contribution in [3.8, 4) is 5.75 Å². The van der Waals surface area contributed by atoms with Crippen LogP contribution in [0.2, 0.25) is 0 Å². The van der Waals surface area contributed by atoms with Gasteiger partial charge in [0.25, 0.3) is 0 Å². The number of phenols is 1. The van der Waals surface area contributed by atoms with Gasteiger partial charge < -0.3 is 10.4 Å². The number of aromatic nitrogens is 1. The Morgan fingerprint density at radius 3 is 2.94 bits per heavy atom. The number of hydrogen-bond donors (Lipinski definition) is 2. The lowest BCUT2D eigenvalue weighted by atomic mass is 10.1. The van der Waals surface area contributed by atoms with E-state index in [1.54, 1.807) is 16.8 Å². The smallest absolute Gasteiger partial charge is 0.123 e. The van der Waals surface area contributed by atoms with Crippen LogP contribution in [0.5, 0.6) is 5.75 Å². The van der Waals surface area contributed by atoms with Crippen LogP contribution in [0.25, 0.3) is 0 Å². The van der Waals surface area contributed by atoms with Gasteiger partial charge in [-0.25, -0.2) is 9.37 Å². The van der Waals surface area contributed by atoms with E-state index in [0.29, 0.717) is 12.1 Å². The molecule has 0 radical (unpaired) electrons. The van der Waals surface area contributed by atoms with Crippen molar-refractivity contribution >= 4 is 11.3 Å². The predicted octanol–water partition coefficient (Wildman–Crippen LogP) is 3.15. The number of hydrogen-bond acceptors (Lipinski definition) is 4. The molecule has 2 rings (SSSR count). The summed E-state index contributed by atoms with van der Waals surface area (Å²) in [4.78, 5) is 5.32. The standard InChI is InChI=1S/C13H15FN2OS/c1-8(11-5-10(14)3-4-12(11)17)15-6-13-9(2)16-7-18-13/h3-5,7-8,15,17H,6H2,1-2H3. The van der Waals surface area contributed by atoms with Crippen LogP contribution in [-0.2, 0) is 6.54 Å². The molecule has 3 nitrogen and oxygen atoms in total. The molecule has 0 amide bonds. The molecule has 0 fully saturated rings. The van der Waals surface area contributed by atoms with Crippen LogP contribution in [-0.4, -0.2) is 10.1 Å². The molecule has 0 aliphatic heterocycles. The molecule has 2 aromatic rings. The Labute approximate surface area is 109 Å². The third kappa shape index (κ3) is 2.86. The second-order valence-corrected chi connectivity index (χ2v) is 5.11. The summed E-state index contributed by atoms with van der Waals surface area (Å²) in [6.45, 7) is 4.51. The number of thiazole rings is 1. The topological polar surface area (TPSA) is 45.2 Å². The molecule has 0 saturated carbocycles. The summed E-state index contributed by atoms with van der Waals surface area (Å²) in [5.74, 6) is -0.233. The quantitative estimate of drug-likeness (QED) is 0.893. The number of aromatic hydroxyl groups is 1. The molecule has 0 bridgehead atoms. The average molecular weight is 266 g/mol. The molecule has 1 aromatic heterocycles. The minimum atomic E-state index is -0.342. The maximum atomic E-state index is 13.1. The third-order valence-corrected chi connectivity index (χ3v) is 3.80. The Kier molecular flexibility index (Phi) is 3.93. The van der Waals surface area contributed by atoms with Crippen LogP contribution in [0.15, 0.2) is 23.7 Å². The monoisotopic (exact) mass is 266 g/mol. The van der Waals surface area contributed by atoms with Gasteiger partial charge in [0.15, 0.2) is 0 Å². The number of phenolic OH excluding ortho intramolecular Hbond substituents is 1. The number of halogens is 1. The summed E-state index contributed by atoms with van der Waals surface area (Å²) in [7, 11) is 0. The number of rotatable bonds is 4. The zero-order valence-electron chi connectivity index (χ0n) is 10.3. The third-order valence-electron chi connectivity index (χ3n) is 2.87. The fourth-order valence-electron chi connectivity index (χ4n) is 1.72. The summed E-state index contributed by atoms with van der Waals surface area (Å²) < 4.78 is 13.1. The lowest BCUT2D eigenvalue weighted by molar-refractivity contribution is 0.449. The van der Waals surface area contributed by atoms with Crippen molar-refractivity contribution in [1.29, 1.82) is 0 Å². The Balaban J connectivity index is 2.06. The van der Waals surface area contributed by atoms with Crippen LogP contribution in [0.1, 0.15) is 29.1 Å². The molecule has 1 atom stereocenters. The zero-order chi connectivity index (χ0) is 13.1. The first-order chi connectivity index (χ1) is 8.58. The summed E-state index contributed by atoms with van der Waals surface area (Å²) in [5, 5.41) is 13.0. The second-order valence-electron chi connectivity index (χ2n) is 4.17. The van der Waals surface area contributed by atoms with Gasteiger partial charge in [-0.3, -0.25) is 0 Å². The maximum Gasteiger partial charge on any atom is 0.123 e. The summed E-state index contributed by atoms with van der Waals surface area (Å²) in [6, 6.07) is 3.86. The fourth-order valence-corrected chi connectivity index (χ4v) is 2.45. The lowest BCUT2D eigenvalue weighted by Gasteiger charge is -2.15. The van der Waals surface area contributed by atoms with Gasteiger partial charge >= 0.3 is 0 Å². The Morgan fingerprint density at radius 1 is 1.50 bits per heavy atom. The van der Waals surface area contributed by atoms with Crippen molar-refractivity contribution < 1.29 is 9.50 Å². The van der Waals surface area contributed by atoms with Gasteiger partial charge in [0.2, 0.25) is 0 Å². The molecule has 2 N–H and O–H groups in total. The maximum absolute atomic E-state index is 13.1. The highest BCUT2D eigenvalue weighted by Crippen LogP contribution is 2.25. The van der Waals surface area contributed by atoms with Crippen molar-refractivity contribution in [3.63, 3.8) is 0 Å². The minimum absolute atomic E-state index is 0.109. The molecule has 0 saturated heterocycles. The van der Waals surface area contributed by atoms with E-state index < -0.39 is 0 Å². The molecule has 18 heavy (non-hydrogen) atoms. The number of benzene rings is 1. The van der Waals surface area contributed by atoms with Crippen LogP contribution in [0.4, 0.5) is 4.39 Å². The van der Waals surface area contributed by atoms with Crippen molar-refractivity contribution in [3.05, 3.63) is 45.7 Å². The molecule has 5 heteroatoms. The normalized spacial score (nSPS) is 12.6. The van der Waals surface area contributed by atoms with Crippen LogP contribution < -0.4 is 5.32 Å². The van der Waals surface area contributed by atoms with E-state index in [4.69, 9.17) is 0 Å². The van der Waals surface area contributed by atoms with E-state index in [-0.39, 0.29) is 17.6 Å². The lowest BCUT2D eigenvalue weighted by Crippen LogP contribution is -2.18. The van der Waals surface area contributed by atoms with E-state index in [1.807, 2.05) is 13.8 Å². The first-order valence-corrected chi connectivity index (χ1v) is 6.56. The van der Waals surface area contributed by atoms with Gasteiger partial charge in [-0.15, -0.1) is 11.3 Å². The molecule has 0 aliphatic carbocycles. The fraction of sp³-hybridized carbons (Fsp3) is 0.308. The number of aryl methyl sites for hydroxylation is 1. The van der Waals surface area contributed by atoms with Crippen molar-refractivity contribution in [2.75, 3.05) is 0 Å². The van der Waals surface area contributed by atoms with E-state index in [2.05, 4.69) is 10.3 Å². The summed E-state index contributed by atoms with van der Waals surface area (Å²) >= 11 is 1.58. The van der Waals surface area contributed by atoms with Gasteiger partial charge in [-0.1, -0.05) is 0 Å². The van der Waals surface area contributed by atoms with E-state index in [0.717, 1.165) is 10.6 Å². The second kappa shape index (κ2) is 5.46. The van der Waals surface area contributed by atoms with E-state index in [1.165, 1.54) is 18.2 Å². The number of nitrogens with zero attached hydrogens (tertiary/aromatic N) is 1. The van der Waals surface area contributed by atoms with Crippen LogP contribution in [0, 0.1) is 12.7 Å². The van der Waals surface area contributed by atoms with E-state index >= 15 is 0 Å². The molecule has 1 unspecified atom stereocenters. The van der Waals surface area contributed by atoms with Gasteiger partial charge in [0.1, 0.15) is 11.6 Å². The van der Waals surface area contributed by atoms with Gasteiger partial charge in [-0.05, 0) is 32.0 Å². The Bertz CT molecular complexity index is 542. The molecule has 0 spiro atoms. The molecular weight excluding hydrogens is 251 g/mol. The largest absolute Gasteiger partial charge is 0.508 e. The summed E-state index contributed by atoms with van der Waals surface area (Å²) in [5.41, 5.74) is 3.37. The highest BCUT2D eigenvalue weighted by molar-refractivity contribution is 7.09. The highest BCUT2D eigenvalue weighted by Gasteiger charge is 2.12. The van der Waals surface area contributed by atoms with Crippen molar-refractivity contribution in [2.24, 2.45) is 0 Å². The first kappa shape index (κ1) is 13.0. The zero-order valence-corrected chi connectivity index (χ0v) is 11.1. The van der Waals surface area contributed by atoms with Crippen molar-refractivity contribution in [2.45, 2.75) is 26.4 Å². The molecule has 1 aromatic carbocycles. The average Bonchev–Trinajstić information content (AvgIpc) is 2.75. The predicted molar refractivity (Wildman–Crippen MR) is 70.2 cm³/mol. The molecular formula is C13H15FN2OS. The first-order valence-electron chi connectivity index (χ1n) is 5.68. The molecule has 96 valence electrons. The van der Waals surface area contributed by atoms with Gasteiger partial charge in [0.05, 0.1) is 11.2 Å².